The fourth-order valence-corrected chi connectivity index (χ4v) is 2.78. The van der Waals surface area contributed by atoms with E-state index < -0.39 is 12.1 Å². The van der Waals surface area contributed by atoms with Crippen molar-refractivity contribution in [2.45, 2.75) is 12.5 Å². The molecule has 0 aromatic heterocycles. The number of rotatable bonds is 3. The Morgan fingerprint density at radius 2 is 1.91 bits per heavy atom. The molecule has 0 spiro atoms. The normalized spacial score (nSPS) is 19.3. The number of hydrogen-bond acceptors (Lipinski definition) is 5. The highest BCUT2D eigenvalue weighted by Gasteiger charge is 2.39. The number of methoxy groups -OCH3 is 1. The van der Waals surface area contributed by atoms with E-state index in [-0.39, 0.29) is 28.5 Å². The first-order chi connectivity index (χ1) is 11.1. The smallest absolute Gasteiger partial charge is 0.373 e. The predicted molar refractivity (Wildman–Crippen MR) is 81.9 cm³/mol. The van der Waals surface area contributed by atoms with Crippen LogP contribution in [0.25, 0.3) is 0 Å². The van der Waals surface area contributed by atoms with E-state index in [1.165, 1.54) is 13.2 Å². The van der Waals surface area contributed by atoms with Crippen LogP contribution in [0.5, 0.6) is 0 Å². The summed E-state index contributed by atoms with van der Waals surface area (Å²) in [6, 6.07) is 6.62. The molecule has 1 aliphatic heterocycles. The Kier molecular flexibility index (Phi) is 3.70. The number of esters is 1. The Morgan fingerprint density at radius 1 is 1.26 bits per heavy atom. The van der Waals surface area contributed by atoms with Gasteiger partial charge in [-0.15, -0.1) is 6.58 Å². The highest BCUT2D eigenvalue weighted by molar-refractivity contribution is 6.28. The number of fused-ring (bicyclic) bond motifs is 1. The Morgan fingerprint density at radius 3 is 2.52 bits per heavy atom. The van der Waals surface area contributed by atoms with Crippen LogP contribution in [0.4, 0.5) is 0 Å². The van der Waals surface area contributed by atoms with Gasteiger partial charge in [0.1, 0.15) is 6.10 Å². The van der Waals surface area contributed by atoms with E-state index in [2.05, 4.69) is 11.3 Å². The van der Waals surface area contributed by atoms with Crippen molar-refractivity contribution in [1.82, 2.24) is 0 Å². The fourth-order valence-electron chi connectivity index (χ4n) is 2.78. The number of benzene rings is 1. The highest BCUT2D eigenvalue weighted by Crippen LogP contribution is 2.35. The number of carbonyl (C=O) groups excluding carboxylic acids is 3. The molecule has 1 aromatic rings. The summed E-state index contributed by atoms with van der Waals surface area (Å²) in [5, 5.41) is 0. The molecule has 0 fully saturated rings. The zero-order valence-corrected chi connectivity index (χ0v) is 12.5. The molecular weight excluding hydrogens is 296 g/mol. The van der Waals surface area contributed by atoms with Gasteiger partial charge in [0.25, 0.3) is 0 Å². The third-order valence-corrected chi connectivity index (χ3v) is 3.83. The van der Waals surface area contributed by atoms with Gasteiger partial charge >= 0.3 is 5.97 Å². The van der Waals surface area contributed by atoms with Crippen molar-refractivity contribution in [2.75, 3.05) is 7.11 Å². The average molecular weight is 310 g/mol. The standard InChI is InChI=1S/C18H14O5/c1-3-6-13-15-12(9-14(23-13)18(21)22-2)16(19)10-7-4-5-8-11(10)17(15)20/h3-5,7-9,13H,1,6H2,2H3/t13-/m1/s1. The SMILES string of the molecule is C=CC[C@H]1OC(C(=O)OC)=CC2=C1C(=O)c1ccccc1C2=O. The Bertz CT molecular complexity index is 797. The van der Waals surface area contributed by atoms with Gasteiger partial charge in [-0.1, -0.05) is 30.3 Å². The van der Waals surface area contributed by atoms with Crippen LogP contribution in [0, 0.1) is 0 Å². The molecule has 1 heterocycles. The number of hydrogen-bond donors (Lipinski definition) is 0. The van der Waals surface area contributed by atoms with Gasteiger partial charge in [0, 0.05) is 23.1 Å². The Balaban J connectivity index is 2.19. The van der Waals surface area contributed by atoms with Gasteiger partial charge in [-0.05, 0) is 6.08 Å². The zero-order valence-electron chi connectivity index (χ0n) is 12.5. The molecule has 23 heavy (non-hydrogen) atoms. The second kappa shape index (κ2) is 5.68. The summed E-state index contributed by atoms with van der Waals surface area (Å²) in [6.45, 7) is 3.64. The molecule has 1 atom stereocenters. The lowest BCUT2D eigenvalue weighted by molar-refractivity contribution is -0.141. The first-order valence-corrected chi connectivity index (χ1v) is 7.08. The van der Waals surface area contributed by atoms with E-state index >= 15 is 0 Å². The van der Waals surface area contributed by atoms with Crippen molar-refractivity contribution in [3.63, 3.8) is 0 Å². The lowest BCUT2D eigenvalue weighted by Gasteiger charge is -2.29. The largest absolute Gasteiger partial charge is 0.478 e. The molecule has 2 aliphatic rings. The molecule has 1 aliphatic carbocycles. The van der Waals surface area contributed by atoms with Crippen LogP contribution < -0.4 is 0 Å². The van der Waals surface area contributed by atoms with E-state index in [0.29, 0.717) is 17.5 Å². The summed E-state index contributed by atoms with van der Waals surface area (Å²) >= 11 is 0. The van der Waals surface area contributed by atoms with Crippen molar-refractivity contribution >= 4 is 17.5 Å². The highest BCUT2D eigenvalue weighted by atomic mass is 16.6. The van der Waals surface area contributed by atoms with Crippen LogP contribution in [-0.2, 0) is 14.3 Å². The van der Waals surface area contributed by atoms with Crippen LogP contribution in [0.3, 0.4) is 0 Å². The van der Waals surface area contributed by atoms with Crippen LogP contribution >= 0.6 is 0 Å². The number of carbonyl (C=O) groups is 3. The summed E-state index contributed by atoms with van der Waals surface area (Å²) in [5.74, 6) is -1.33. The van der Waals surface area contributed by atoms with Crippen molar-refractivity contribution in [2.24, 2.45) is 0 Å². The van der Waals surface area contributed by atoms with E-state index in [1.807, 2.05) is 0 Å². The maximum atomic E-state index is 12.8. The summed E-state index contributed by atoms with van der Waals surface area (Å²) in [4.78, 5) is 37.2. The lowest BCUT2D eigenvalue weighted by atomic mass is 9.80. The van der Waals surface area contributed by atoms with E-state index in [9.17, 15) is 14.4 Å². The predicted octanol–water partition coefficient (Wildman–Crippen LogP) is 2.39. The fraction of sp³-hybridized carbons (Fsp3) is 0.167. The molecule has 0 radical (unpaired) electrons. The Hall–Kier alpha value is -2.95. The quantitative estimate of drug-likeness (QED) is 0.633. The number of allylic oxidation sites excluding steroid dienone is 2. The third-order valence-electron chi connectivity index (χ3n) is 3.83. The average Bonchev–Trinajstić information content (AvgIpc) is 2.58. The molecule has 5 nitrogen and oxygen atoms in total. The molecule has 5 heteroatoms. The van der Waals surface area contributed by atoms with Crippen molar-refractivity contribution in [3.8, 4) is 0 Å². The topological polar surface area (TPSA) is 69.7 Å². The number of ketones is 2. The van der Waals surface area contributed by atoms with Crippen molar-refractivity contribution in [3.05, 3.63) is 71.0 Å². The minimum Gasteiger partial charge on any atom is -0.478 e. The monoisotopic (exact) mass is 310 g/mol. The van der Waals surface area contributed by atoms with Gasteiger partial charge in [0.05, 0.1) is 12.7 Å². The second-order valence-electron chi connectivity index (χ2n) is 5.16. The third kappa shape index (κ3) is 2.30. The van der Waals surface area contributed by atoms with Gasteiger partial charge < -0.3 is 9.47 Å². The minimum atomic E-state index is -0.730. The van der Waals surface area contributed by atoms with Gasteiger partial charge in [-0.3, -0.25) is 9.59 Å². The second-order valence-corrected chi connectivity index (χ2v) is 5.16. The number of Topliss-reactive ketones (excluding diaryl/α,β-unsaturated/α-hetero) is 2. The zero-order chi connectivity index (χ0) is 16.6. The molecule has 0 unspecified atom stereocenters. The lowest BCUT2D eigenvalue weighted by Crippen LogP contribution is -2.34. The number of ether oxygens (including phenoxy) is 2. The van der Waals surface area contributed by atoms with Crippen LogP contribution in [0.1, 0.15) is 27.1 Å². The van der Waals surface area contributed by atoms with Gasteiger partial charge in [-0.2, -0.15) is 0 Å². The van der Waals surface area contributed by atoms with Crippen molar-refractivity contribution in [1.29, 1.82) is 0 Å². The van der Waals surface area contributed by atoms with Gasteiger partial charge in [0.15, 0.2) is 11.6 Å². The first-order valence-electron chi connectivity index (χ1n) is 7.08. The molecule has 0 saturated heterocycles. The van der Waals surface area contributed by atoms with Gasteiger partial charge in [0.2, 0.25) is 5.76 Å². The van der Waals surface area contributed by atoms with Crippen molar-refractivity contribution < 1.29 is 23.9 Å². The van der Waals surface area contributed by atoms with Crippen LogP contribution in [0.2, 0.25) is 0 Å². The van der Waals surface area contributed by atoms with Gasteiger partial charge in [-0.25, -0.2) is 4.79 Å². The maximum Gasteiger partial charge on any atom is 0.373 e. The summed E-state index contributed by atoms with van der Waals surface area (Å²) < 4.78 is 10.2. The summed E-state index contributed by atoms with van der Waals surface area (Å²) in [6.07, 6.45) is 2.44. The van der Waals surface area contributed by atoms with E-state index in [0.717, 1.165) is 0 Å². The van der Waals surface area contributed by atoms with Crippen LogP contribution in [-0.4, -0.2) is 30.7 Å². The molecular formula is C18H14O5. The molecule has 0 N–H and O–H groups in total. The summed E-state index contributed by atoms with van der Waals surface area (Å²) in [7, 11) is 1.22. The molecule has 0 amide bonds. The molecule has 116 valence electrons. The molecule has 0 saturated carbocycles. The molecule has 0 bridgehead atoms. The minimum absolute atomic E-state index is 0.0846. The van der Waals surface area contributed by atoms with Crippen LogP contribution in [0.15, 0.2) is 59.9 Å². The molecule has 1 aromatic carbocycles. The first kappa shape index (κ1) is 15.0. The Labute approximate surface area is 132 Å². The maximum absolute atomic E-state index is 12.8. The van der Waals surface area contributed by atoms with E-state index in [1.54, 1.807) is 30.3 Å². The summed E-state index contributed by atoms with van der Waals surface area (Å²) in [5.41, 5.74) is 1.13. The van der Waals surface area contributed by atoms with E-state index in [4.69, 9.17) is 4.74 Å². The molecule has 3 rings (SSSR count).